The Bertz CT molecular complexity index is 786. The molecule has 0 aliphatic rings. The molecule has 0 atom stereocenters. The van der Waals surface area contributed by atoms with E-state index in [9.17, 15) is 4.79 Å². The van der Waals surface area contributed by atoms with Gasteiger partial charge in [0.2, 0.25) is 5.91 Å². The second-order valence-electron chi connectivity index (χ2n) is 6.77. The Morgan fingerprint density at radius 3 is 2.53 bits per heavy atom. The van der Waals surface area contributed by atoms with Crippen molar-refractivity contribution in [3.63, 3.8) is 0 Å². The Labute approximate surface area is 201 Å². The van der Waals surface area contributed by atoms with E-state index in [1.54, 1.807) is 0 Å². The Balaban J connectivity index is 0.00000450. The van der Waals surface area contributed by atoms with Gasteiger partial charge in [-0.15, -0.1) is 35.7 Å². The number of carbonyl (C=O) groups excluding carboxylic acids is 1. The molecule has 0 unspecified atom stereocenters. The van der Waals surface area contributed by atoms with E-state index in [-0.39, 0.29) is 29.9 Å². The minimum absolute atomic E-state index is 0. The minimum Gasteiger partial charge on any atom is -0.357 e. The number of guanidine groups is 1. The summed E-state index contributed by atoms with van der Waals surface area (Å²) in [5.41, 5.74) is 1.84. The number of aliphatic imine (C=N–C) groups is 1. The first-order valence-electron chi connectivity index (χ1n) is 9.80. The van der Waals surface area contributed by atoms with Gasteiger partial charge in [-0.25, -0.2) is 4.99 Å². The maximum atomic E-state index is 11.9. The van der Waals surface area contributed by atoms with Crippen LogP contribution in [0.1, 0.15) is 12.5 Å². The van der Waals surface area contributed by atoms with E-state index in [0.29, 0.717) is 13.1 Å². The SMILES string of the molecule is CCNC(=NCc1cccc(NC(=O)CN(C)C)c1)NCCSc1ccccc1.I. The van der Waals surface area contributed by atoms with Crippen molar-refractivity contribution in [2.45, 2.75) is 18.4 Å². The summed E-state index contributed by atoms with van der Waals surface area (Å²) >= 11 is 1.82. The first kappa shape index (κ1) is 26.3. The van der Waals surface area contributed by atoms with E-state index < -0.39 is 0 Å². The van der Waals surface area contributed by atoms with Crippen LogP contribution in [-0.2, 0) is 11.3 Å². The van der Waals surface area contributed by atoms with Gasteiger partial charge < -0.3 is 20.9 Å². The van der Waals surface area contributed by atoms with Crippen molar-refractivity contribution >= 4 is 53.3 Å². The normalized spacial score (nSPS) is 11.0. The summed E-state index contributed by atoms with van der Waals surface area (Å²) in [6.07, 6.45) is 0. The molecule has 0 saturated heterocycles. The number of hydrogen-bond acceptors (Lipinski definition) is 4. The summed E-state index contributed by atoms with van der Waals surface area (Å²) in [5, 5.41) is 9.57. The van der Waals surface area contributed by atoms with Crippen LogP contribution in [0.15, 0.2) is 64.5 Å². The van der Waals surface area contributed by atoms with Crippen LogP contribution >= 0.6 is 35.7 Å². The molecule has 0 fully saturated rings. The number of hydrogen-bond donors (Lipinski definition) is 3. The van der Waals surface area contributed by atoms with Gasteiger partial charge in [0.1, 0.15) is 0 Å². The van der Waals surface area contributed by atoms with Crippen molar-refractivity contribution in [1.29, 1.82) is 0 Å². The lowest BCUT2D eigenvalue weighted by Crippen LogP contribution is -2.38. The second kappa shape index (κ2) is 15.1. The maximum absolute atomic E-state index is 11.9. The molecule has 8 heteroatoms. The lowest BCUT2D eigenvalue weighted by atomic mass is 10.2. The van der Waals surface area contributed by atoms with E-state index in [1.165, 1.54) is 4.90 Å². The number of nitrogens with one attached hydrogen (secondary N) is 3. The van der Waals surface area contributed by atoms with Crippen LogP contribution in [0.3, 0.4) is 0 Å². The average Bonchev–Trinajstić information content (AvgIpc) is 2.69. The molecule has 0 radical (unpaired) electrons. The Kier molecular flexibility index (Phi) is 13.2. The maximum Gasteiger partial charge on any atom is 0.238 e. The Morgan fingerprint density at radius 2 is 1.83 bits per heavy atom. The van der Waals surface area contributed by atoms with Gasteiger partial charge in [0.15, 0.2) is 5.96 Å². The number of nitrogens with zero attached hydrogens (tertiary/aromatic N) is 2. The lowest BCUT2D eigenvalue weighted by Gasteiger charge is -2.12. The van der Waals surface area contributed by atoms with Crippen LogP contribution in [0.25, 0.3) is 0 Å². The van der Waals surface area contributed by atoms with E-state index in [0.717, 1.165) is 36.1 Å². The van der Waals surface area contributed by atoms with Crippen LogP contribution in [0.2, 0.25) is 0 Å². The van der Waals surface area contributed by atoms with Gasteiger partial charge in [0.25, 0.3) is 0 Å². The zero-order chi connectivity index (χ0) is 20.9. The molecular formula is C22H32IN5OS. The Hall–Kier alpha value is -1.78. The fraction of sp³-hybridized carbons (Fsp3) is 0.364. The van der Waals surface area contributed by atoms with Crippen molar-refractivity contribution in [3.8, 4) is 0 Å². The predicted octanol–water partition coefficient (Wildman–Crippen LogP) is 3.65. The summed E-state index contributed by atoms with van der Waals surface area (Å²) in [5.74, 6) is 1.73. The van der Waals surface area contributed by atoms with E-state index in [4.69, 9.17) is 0 Å². The minimum atomic E-state index is -0.0263. The molecule has 2 aromatic rings. The summed E-state index contributed by atoms with van der Waals surface area (Å²) in [4.78, 5) is 19.7. The number of rotatable bonds is 10. The molecule has 6 nitrogen and oxygen atoms in total. The van der Waals surface area contributed by atoms with Gasteiger partial charge in [-0.1, -0.05) is 30.3 Å². The molecule has 0 heterocycles. The molecule has 0 aliphatic heterocycles. The molecule has 0 bridgehead atoms. The third-order valence-electron chi connectivity index (χ3n) is 3.84. The standard InChI is InChI=1S/C22H31N5OS.HI/c1-4-23-22(24-13-14-29-20-11-6-5-7-12-20)25-16-18-9-8-10-19(15-18)26-21(28)17-27(2)3;/h5-12,15H,4,13-14,16-17H2,1-3H3,(H,26,28)(H2,23,24,25);1H. The average molecular weight is 542 g/mol. The third kappa shape index (κ3) is 10.8. The number of thioether (sulfide) groups is 1. The molecule has 30 heavy (non-hydrogen) atoms. The van der Waals surface area contributed by atoms with Crippen molar-refractivity contribution in [2.75, 3.05) is 44.8 Å². The highest BCUT2D eigenvalue weighted by Gasteiger charge is 2.04. The summed E-state index contributed by atoms with van der Waals surface area (Å²) in [6, 6.07) is 18.2. The molecule has 2 rings (SSSR count). The first-order chi connectivity index (χ1) is 14.1. The number of carbonyl (C=O) groups is 1. The van der Waals surface area contributed by atoms with Gasteiger partial charge >= 0.3 is 0 Å². The molecule has 0 saturated carbocycles. The first-order valence-corrected chi connectivity index (χ1v) is 10.8. The summed E-state index contributed by atoms with van der Waals surface area (Å²) < 4.78 is 0. The molecule has 0 spiro atoms. The fourth-order valence-electron chi connectivity index (χ4n) is 2.60. The molecule has 3 N–H and O–H groups in total. The van der Waals surface area contributed by atoms with Gasteiger partial charge in [0.05, 0.1) is 13.1 Å². The third-order valence-corrected chi connectivity index (χ3v) is 4.85. The van der Waals surface area contributed by atoms with E-state index in [1.807, 2.05) is 61.1 Å². The molecule has 0 aromatic heterocycles. The Morgan fingerprint density at radius 1 is 1.07 bits per heavy atom. The predicted molar refractivity (Wildman–Crippen MR) is 139 cm³/mol. The highest BCUT2D eigenvalue weighted by molar-refractivity contribution is 14.0. The molecule has 2 aromatic carbocycles. The molecule has 164 valence electrons. The van der Waals surface area contributed by atoms with Gasteiger partial charge in [0, 0.05) is 29.4 Å². The largest absolute Gasteiger partial charge is 0.357 e. The van der Waals surface area contributed by atoms with Crippen LogP contribution in [0, 0.1) is 0 Å². The number of halogens is 1. The summed E-state index contributed by atoms with van der Waals surface area (Å²) in [6.45, 7) is 4.58. The number of likely N-dealkylation sites (N-methyl/N-ethyl adjacent to an activating group) is 1. The number of anilines is 1. The molecule has 1 amide bonds. The van der Waals surface area contributed by atoms with Crippen LogP contribution in [-0.4, -0.2) is 56.2 Å². The topological polar surface area (TPSA) is 68.8 Å². The highest BCUT2D eigenvalue weighted by atomic mass is 127. The van der Waals surface area contributed by atoms with Crippen molar-refractivity contribution in [3.05, 3.63) is 60.2 Å². The van der Waals surface area contributed by atoms with Crippen LogP contribution in [0.4, 0.5) is 5.69 Å². The van der Waals surface area contributed by atoms with Gasteiger partial charge in [-0.05, 0) is 50.8 Å². The van der Waals surface area contributed by atoms with E-state index >= 15 is 0 Å². The van der Waals surface area contributed by atoms with E-state index in [2.05, 4.69) is 52.1 Å². The van der Waals surface area contributed by atoms with Crippen molar-refractivity contribution in [2.24, 2.45) is 4.99 Å². The molecular weight excluding hydrogens is 509 g/mol. The molecule has 0 aliphatic carbocycles. The van der Waals surface area contributed by atoms with Gasteiger partial charge in [-0.2, -0.15) is 0 Å². The van der Waals surface area contributed by atoms with Crippen LogP contribution < -0.4 is 16.0 Å². The quantitative estimate of drug-likeness (QED) is 0.141. The van der Waals surface area contributed by atoms with Gasteiger partial charge in [-0.3, -0.25) is 4.79 Å². The highest BCUT2D eigenvalue weighted by Crippen LogP contribution is 2.15. The fourth-order valence-corrected chi connectivity index (χ4v) is 3.39. The zero-order valence-electron chi connectivity index (χ0n) is 17.9. The second-order valence-corrected chi connectivity index (χ2v) is 7.94. The van der Waals surface area contributed by atoms with Crippen molar-refractivity contribution in [1.82, 2.24) is 15.5 Å². The summed E-state index contributed by atoms with van der Waals surface area (Å²) in [7, 11) is 3.75. The van der Waals surface area contributed by atoms with Crippen LogP contribution in [0.5, 0.6) is 0 Å². The lowest BCUT2D eigenvalue weighted by molar-refractivity contribution is -0.116. The monoisotopic (exact) mass is 541 g/mol. The number of benzene rings is 2. The van der Waals surface area contributed by atoms with Crippen molar-refractivity contribution < 1.29 is 4.79 Å². The smallest absolute Gasteiger partial charge is 0.238 e. The zero-order valence-corrected chi connectivity index (χ0v) is 21.0. The number of amides is 1.